The van der Waals surface area contributed by atoms with Crippen LogP contribution in [0.3, 0.4) is 0 Å². The summed E-state index contributed by atoms with van der Waals surface area (Å²) in [6.45, 7) is 9.64. The van der Waals surface area contributed by atoms with Gasteiger partial charge in [0.25, 0.3) is 5.91 Å². The van der Waals surface area contributed by atoms with Crippen molar-refractivity contribution in [1.29, 1.82) is 0 Å². The lowest BCUT2D eigenvalue weighted by molar-refractivity contribution is 0.0773. The number of hydrogen-bond acceptors (Lipinski definition) is 3. The number of carbonyl (C=O) groups is 1. The maximum Gasteiger partial charge on any atom is 0.253 e. The molecule has 0 saturated carbocycles. The monoisotopic (exact) mass is 500 g/mol. The second-order valence-corrected chi connectivity index (χ2v) is 6.63. The van der Waals surface area contributed by atoms with Gasteiger partial charge in [-0.25, -0.2) is 4.99 Å². The predicted octanol–water partition coefficient (Wildman–Crippen LogP) is 4.10. The Bertz CT molecular complexity index is 697. The SMILES string of the molecule is CCNC(=NCc1ccsc1)NCc1ccc(C(=O)N(CC)CC)cc1.I. The third-order valence-corrected chi connectivity index (χ3v) is 4.79. The first-order chi connectivity index (χ1) is 12.7. The molecule has 0 aliphatic carbocycles. The first-order valence-electron chi connectivity index (χ1n) is 9.09. The second-order valence-electron chi connectivity index (χ2n) is 5.85. The van der Waals surface area contributed by atoms with Crippen LogP contribution in [0.25, 0.3) is 0 Å². The zero-order valence-corrected chi connectivity index (χ0v) is 19.3. The summed E-state index contributed by atoms with van der Waals surface area (Å²) >= 11 is 1.68. The van der Waals surface area contributed by atoms with E-state index in [1.54, 1.807) is 11.3 Å². The van der Waals surface area contributed by atoms with Gasteiger partial charge in [0.1, 0.15) is 0 Å². The van der Waals surface area contributed by atoms with Crippen molar-refractivity contribution in [3.05, 3.63) is 57.8 Å². The van der Waals surface area contributed by atoms with Gasteiger partial charge >= 0.3 is 0 Å². The van der Waals surface area contributed by atoms with Crippen molar-refractivity contribution in [2.75, 3.05) is 19.6 Å². The normalized spacial score (nSPS) is 10.9. The van der Waals surface area contributed by atoms with E-state index >= 15 is 0 Å². The first kappa shape index (κ1) is 23.4. The largest absolute Gasteiger partial charge is 0.357 e. The van der Waals surface area contributed by atoms with Crippen molar-refractivity contribution in [3.63, 3.8) is 0 Å². The van der Waals surface area contributed by atoms with Gasteiger partial charge < -0.3 is 15.5 Å². The Hall–Kier alpha value is -1.61. The molecule has 0 bridgehead atoms. The van der Waals surface area contributed by atoms with Crippen molar-refractivity contribution >= 4 is 47.2 Å². The number of halogens is 1. The molecule has 2 aromatic rings. The van der Waals surface area contributed by atoms with E-state index in [1.807, 2.05) is 43.0 Å². The van der Waals surface area contributed by atoms with E-state index in [0.29, 0.717) is 13.1 Å². The molecular weight excluding hydrogens is 471 g/mol. The molecule has 0 unspecified atom stereocenters. The van der Waals surface area contributed by atoms with Crippen molar-refractivity contribution in [2.24, 2.45) is 4.99 Å². The number of benzene rings is 1. The number of aliphatic imine (C=N–C) groups is 1. The van der Waals surface area contributed by atoms with Gasteiger partial charge in [-0.3, -0.25) is 4.79 Å². The summed E-state index contributed by atoms with van der Waals surface area (Å²) in [6.07, 6.45) is 0. The van der Waals surface area contributed by atoms with Gasteiger partial charge in [-0.2, -0.15) is 11.3 Å². The van der Waals surface area contributed by atoms with Crippen LogP contribution in [-0.4, -0.2) is 36.4 Å². The fraction of sp³-hybridized carbons (Fsp3) is 0.400. The lowest BCUT2D eigenvalue weighted by Gasteiger charge is -2.18. The standard InChI is InChI=1S/C20H28N4OS.HI/c1-4-21-20(23-14-17-11-12-26-15-17)22-13-16-7-9-18(10-8-16)19(25)24(5-2)6-3;/h7-12,15H,4-6,13-14H2,1-3H3,(H2,21,22,23);1H. The Morgan fingerprint density at radius 2 is 1.74 bits per heavy atom. The lowest BCUT2D eigenvalue weighted by atomic mass is 10.1. The molecular formula is C20H29IN4OS. The molecule has 1 aromatic heterocycles. The molecule has 148 valence electrons. The van der Waals surface area contributed by atoms with Crippen molar-refractivity contribution in [3.8, 4) is 0 Å². The fourth-order valence-electron chi connectivity index (χ4n) is 2.54. The minimum Gasteiger partial charge on any atom is -0.357 e. The third-order valence-electron chi connectivity index (χ3n) is 4.06. The van der Waals surface area contributed by atoms with Gasteiger partial charge in [0.15, 0.2) is 5.96 Å². The number of nitrogens with one attached hydrogen (secondary N) is 2. The molecule has 1 amide bonds. The van der Waals surface area contributed by atoms with E-state index in [4.69, 9.17) is 0 Å². The average molecular weight is 500 g/mol. The van der Waals surface area contributed by atoms with Crippen LogP contribution in [0.2, 0.25) is 0 Å². The highest BCUT2D eigenvalue weighted by atomic mass is 127. The molecule has 0 aliphatic rings. The van der Waals surface area contributed by atoms with Crippen molar-refractivity contribution in [2.45, 2.75) is 33.9 Å². The highest BCUT2D eigenvalue weighted by Crippen LogP contribution is 2.09. The van der Waals surface area contributed by atoms with Crippen LogP contribution in [0.1, 0.15) is 42.3 Å². The molecule has 0 aliphatic heterocycles. The molecule has 2 N–H and O–H groups in total. The van der Waals surface area contributed by atoms with Crippen LogP contribution in [-0.2, 0) is 13.1 Å². The van der Waals surface area contributed by atoms with Crippen LogP contribution in [0.4, 0.5) is 0 Å². The number of rotatable bonds is 8. The number of carbonyl (C=O) groups excluding carboxylic acids is 1. The van der Waals surface area contributed by atoms with Crippen LogP contribution in [0.5, 0.6) is 0 Å². The Balaban J connectivity index is 0.00000364. The Morgan fingerprint density at radius 1 is 1.04 bits per heavy atom. The molecule has 27 heavy (non-hydrogen) atoms. The van der Waals surface area contributed by atoms with Gasteiger partial charge in [0.05, 0.1) is 6.54 Å². The summed E-state index contributed by atoms with van der Waals surface area (Å²) in [6, 6.07) is 9.86. The average Bonchev–Trinajstić information content (AvgIpc) is 3.19. The topological polar surface area (TPSA) is 56.7 Å². The lowest BCUT2D eigenvalue weighted by Crippen LogP contribution is -2.36. The molecule has 5 nitrogen and oxygen atoms in total. The fourth-order valence-corrected chi connectivity index (χ4v) is 3.20. The Kier molecular flexibility index (Phi) is 11.0. The molecule has 0 spiro atoms. The van der Waals surface area contributed by atoms with Crippen molar-refractivity contribution in [1.82, 2.24) is 15.5 Å². The third kappa shape index (κ3) is 7.50. The van der Waals surface area contributed by atoms with E-state index in [1.165, 1.54) is 5.56 Å². The molecule has 2 rings (SSSR count). The maximum atomic E-state index is 12.3. The van der Waals surface area contributed by atoms with Gasteiger partial charge in [-0.1, -0.05) is 12.1 Å². The van der Waals surface area contributed by atoms with E-state index in [9.17, 15) is 4.79 Å². The van der Waals surface area contributed by atoms with Crippen LogP contribution in [0.15, 0.2) is 46.1 Å². The molecule has 0 fully saturated rings. The summed E-state index contributed by atoms with van der Waals surface area (Å²) < 4.78 is 0. The summed E-state index contributed by atoms with van der Waals surface area (Å²) in [5.74, 6) is 0.877. The zero-order valence-electron chi connectivity index (χ0n) is 16.2. The summed E-state index contributed by atoms with van der Waals surface area (Å²) in [7, 11) is 0. The molecule has 0 atom stereocenters. The number of thiophene rings is 1. The predicted molar refractivity (Wildman–Crippen MR) is 125 cm³/mol. The zero-order chi connectivity index (χ0) is 18.8. The second kappa shape index (κ2) is 12.7. The first-order valence-corrected chi connectivity index (χ1v) is 10.0. The smallest absolute Gasteiger partial charge is 0.253 e. The summed E-state index contributed by atoms with van der Waals surface area (Å²) in [4.78, 5) is 18.8. The molecule has 1 aromatic carbocycles. The van der Waals surface area contributed by atoms with Gasteiger partial charge in [0, 0.05) is 31.7 Å². The van der Waals surface area contributed by atoms with Gasteiger partial charge in [-0.15, -0.1) is 24.0 Å². The molecule has 1 heterocycles. The van der Waals surface area contributed by atoms with Crippen LogP contribution in [0, 0.1) is 0 Å². The van der Waals surface area contributed by atoms with E-state index < -0.39 is 0 Å². The maximum absolute atomic E-state index is 12.3. The Morgan fingerprint density at radius 3 is 2.30 bits per heavy atom. The van der Waals surface area contributed by atoms with Crippen LogP contribution >= 0.6 is 35.3 Å². The molecule has 0 radical (unpaired) electrons. The number of nitrogens with zero attached hydrogens (tertiary/aromatic N) is 2. The summed E-state index contributed by atoms with van der Waals surface area (Å²) in [5, 5.41) is 10.8. The highest BCUT2D eigenvalue weighted by molar-refractivity contribution is 14.0. The quantitative estimate of drug-likeness (QED) is 0.326. The minimum absolute atomic E-state index is 0. The van der Waals surface area contributed by atoms with Gasteiger partial charge in [-0.05, 0) is 60.9 Å². The molecule has 0 saturated heterocycles. The number of amides is 1. The number of hydrogen-bond donors (Lipinski definition) is 2. The Labute approximate surface area is 183 Å². The summed E-state index contributed by atoms with van der Waals surface area (Å²) in [5.41, 5.74) is 3.06. The number of guanidine groups is 1. The van der Waals surface area contributed by atoms with E-state index in [-0.39, 0.29) is 29.9 Å². The van der Waals surface area contributed by atoms with Crippen LogP contribution < -0.4 is 10.6 Å². The van der Waals surface area contributed by atoms with E-state index in [0.717, 1.165) is 36.7 Å². The molecule has 7 heteroatoms. The highest BCUT2D eigenvalue weighted by Gasteiger charge is 2.11. The van der Waals surface area contributed by atoms with Crippen molar-refractivity contribution < 1.29 is 4.79 Å². The van der Waals surface area contributed by atoms with E-state index in [2.05, 4.69) is 39.4 Å². The van der Waals surface area contributed by atoms with Gasteiger partial charge in [0.2, 0.25) is 0 Å². The minimum atomic E-state index is 0.